The highest BCUT2D eigenvalue weighted by Gasteiger charge is 2.23. The van der Waals surface area contributed by atoms with Crippen molar-refractivity contribution in [2.75, 3.05) is 13.2 Å². The highest BCUT2D eigenvalue weighted by Crippen LogP contribution is 2.20. The average molecular weight is 189 g/mol. The minimum absolute atomic E-state index is 0.106. The van der Waals surface area contributed by atoms with Gasteiger partial charge in [0.15, 0.2) is 0 Å². The number of rotatable bonds is 4. The number of hydrogen-bond donors (Lipinski definition) is 1. The van der Waals surface area contributed by atoms with E-state index in [0.717, 1.165) is 25.7 Å². The van der Waals surface area contributed by atoms with Gasteiger partial charge in [-0.15, -0.1) is 0 Å². The maximum atomic E-state index is 9.99. The molecule has 0 aliphatic heterocycles. The van der Waals surface area contributed by atoms with Crippen LogP contribution in [0.4, 0.5) is 0 Å². The van der Waals surface area contributed by atoms with Gasteiger partial charge in [-0.1, -0.05) is 12.8 Å². The minimum atomic E-state index is -0.430. The molecule has 1 aliphatic rings. The van der Waals surface area contributed by atoms with Gasteiger partial charge in [0.25, 0.3) is 0 Å². The van der Waals surface area contributed by atoms with E-state index in [1.165, 1.54) is 0 Å². The van der Waals surface area contributed by atoms with Crippen molar-refractivity contribution in [3.63, 3.8) is 0 Å². The molecule has 2 atom stereocenters. The zero-order valence-corrected chi connectivity index (χ0v) is 7.52. The molecule has 5 heteroatoms. The third kappa shape index (κ3) is 3.69. The van der Waals surface area contributed by atoms with Gasteiger partial charge < -0.3 is 9.84 Å². The Morgan fingerprint density at radius 1 is 1.46 bits per heavy atom. The van der Waals surface area contributed by atoms with Crippen molar-refractivity contribution >= 4 is 0 Å². The van der Waals surface area contributed by atoms with Crippen molar-refractivity contribution in [2.24, 2.45) is 0 Å². The van der Waals surface area contributed by atoms with Crippen LogP contribution in [0.25, 0.3) is 0 Å². The lowest BCUT2D eigenvalue weighted by atomic mass is 9.95. The predicted octanol–water partition coefficient (Wildman–Crippen LogP) is 0.583. The van der Waals surface area contributed by atoms with E-state index in [2.05, 4.69) is 0 Å². The fourth-order valence-electron chi connectivity index (χ4n) is 1.55. The largest absolute Gasteiger partial charge is 0.390 e. The van der Waals surface area contributed by atoms with Crippen LogP contribution in [0, 0.1) is 10.1 Å². The van der Waals surface area contributed by atoms with Crippen molar-refractivity contribution in [2.45, 2.75) is 37.9 Å². The first kappa shape index (κ1) is 10.4. The second-order valence-corrected chi connectivity index (χ2v) is 3.32. The summed E-state index contributed by atoms with van der Waals surface area (Å²) in [6, 6.07) is 0. The molecule has 1 fully saturated rings. The number of aliphatic hydroxyl groups excluding tert-OH is 1. The Bertz CT molecular complexity index is 174. The first-order chi connectivity index (χ1) is 6.20. The maximum absolute atomic E-state index is 9.99. The fraction of sp³-hybridized carbons (Fsp3) is 1.00. The molecule has 0 amide bonds. The topological polar surface area (TPSA) is 72.6 Å². The first-order valence-electron chi connectivity index (χ1n) is 4.61. The molecule has 1 saturated carbocycles. The third-order valence-corrected chi connectivity index (χ3v) is 2.27. The molecule has 0 aromatic heterocycles. The Kier molecular flexibility index (Phi) is 4.11. The summed E-state index contributed by atoms with van der Waals surface area (Å²) in [5, 5.41) is 19.4. The van der Waals surface area contributed by atoms with Gasteiger partial charge in [0.1, 0.15) is 6.61 Å². The van der Waals surface area contributed by atoms with E-state index in [-0.39, 0.29) is 19.3 Å². The fourth-order valence-corrected chi connectivity index (χ4v) is 1.55. The summed E-state index contributed by atoms with van der Waals surface area (Å²) in [5.74, 6) is 0. The lowest BCUT2D eigenvalue weighted by Crippen LogP contribution is -2.33. The number of nitro groups is 1. The number of ether oxygens (including phenoxy) is 1. The maximum Gasteiger partial charge on any atom is 0.226 e. The van der Waals surface area contributed by atoms with Gasteiger partial charge >= 0.3 is 0 Å². The Hall–Kier alpha value is -0.680. The van der Waals surface area contributed by atoms with Gasteiger partial charge in [-0.3, -0.25) is 10.1 Å². The molecule has 1 rings (SSSR count). The highest BCUT2D eigenvalue weighted by atomic mass is 16.6. The van der Waals surface area contributed by atoms with Crippen molar-refractivity contribution in [1.29, 1.82) is 0 Å². The predicted molar refractivity (Wildman–Crippen MR) is 46.1 cm³/mol. The Morgan fingerprint density at radius 2 is 2.15 bits per heavy atom. The molecular weight excluding hydrogens is 174 g/mol. The van der Waals surface area contributed by atoms with E-state index in [1.54, 1.807) is 0 Å². The second kappa shape index (κ2) is 5.14. The summed E-state index contributed by atoms with van der Waals surface area (Å²) in [4.78, 5) is 9.58. The zero-order chi connectivity index (χ0) is 9.68. The molecule has 0 bridgehead atoms. The Balaban J connectivity index is 2.15. The lowest BCUT2D eigenvalue weighted by molar-refractivity contribution is -0.484. The SMILES string of the molecule is O=[N+]([O-])CCO[C@@H]1CCCC[C@H]1O. The summed E-state index contributed by atoms with van der Waals surface area (Å²) < 4.78 is 5.21. The zero-order valence-electron chi connectivity index (χ0n) is 7.52. The van der Waals surface area contributed by atoms with E-state index in [0.29, 0.717) is 0 Å². The number of aliphatic hydroxyl groups is 1. The first-order valence-corrected chi connectivity index (χ1v) is 4.61. The molecule has 0 heterocycles. The van der Waals surface area contributed by atoms with Crippen molar-refractivity contribution < 1.29 is 14.8 Å². The molecule has 5 nitrogen and oxygen atoms in total. The van der Waals surface area contributed by atoms with E-state index in [1.807, 2.05) is 0 Å². The van der Waals surface area contributed by atoms with Crippen LogP contribution in [0.1, 0.15) is 25.7 Å². The van der Waals surface area contributed by atoms with Crippen molar-refractivity contribution in [3.8, 4) is 0 Å². The molecule has 0 spiro atoms. The summed E-state index contributed by atoms with van der Waals surface area (Å²) in [6.07, 6.45) is 3.02. The summed E-state index contributed by atoms with van der Waals surface area (Å²) in [7, 11) is 0. The molecule has 0 aromatic carbocycles. The van der Waals surface area contributed by atoms with Gasteiger partial charge in [-0.05, 0) is 12.8 Å². The van der Waals surface area contributed by atoms with Crippen LogP contribution in [0.2, 0.25) is 0 Å². The Labute approximate surface area is 76.8 Å². The molecule has 0 aromatic rings. The third-order valence-electron chi connectivity index (χ3n) is 2.27. The molecule has 13 heavy (non-hydrogen) atoms. The second-order valence-electron chi connectivity index (χ2n) is 3.32. The van der Waals surface area contributed by atoms with Gasteiger partial charge in [0.05, 0.1) is 12.2 Å². The molecule has 0 unspecified atom stereocenters. The summed E-state index contributed by atoms with van der Waals surface area (Å²) >= 11 is 0. The van der Waals surface area contributed by atoms with E-state index in [9.17, 15) is 15.2 Å². The van der Waals surface area contributed by atoms with Crippen LogP contribution >= 0.6 is 0 Å². The van der Waals surface area contributed by atoms with Crippen LogP contribution in [-0.4, -0.2) is 35.4 Å². The van der Waals surface area contributed by atoms with Crippen LogP contribution in [0.5, 0.6) is 0 Å². The Morgan fingerprint density at radius 3 is 2.77 bits per heavy atom. The van der Waals surface area contributed by atoms with Gasteiger partial charge in [-0.25, -0.2) is 0 Å². The number of nitrogens with zero attached hydrogens (tertiary/aromatic N) is 1. The molecular formula is C8H15NO4. The van der Waals surface area contributed by atoms with Crippen LogP contribution in [0.15, 0.2) is 0 Å². The van der Waals surface area contributed by atoms with Crippen LogP contribution < -0.4 is 0 Å². The van der Waals surface area contributed by atoms with Gasteiger partial charge in [0, 0.05) is 4.92 Å². The molecule has 0 saturated heterocycles. The molecule has 76 valence electrons. The van der Waals surface area contributed by atoms with Gasteiger partial charge in [-0.2, -0.15) is 0 Å². The standard InChI is InChI=1S/C8H15NO4/c10-7-3-1-2-4-8(7)13-6-5-9(11)12/h7-8,10H,1-6H2/t7-,8-/m1/s1. The van der Waals surface area contributed by atoms with Crippen molar-refractivity contribution in [1.82, 2.24) is 0 Å². The summed E-state index contributed by atoms with van der Waals surface area (Å²) in [5.41, 5.74) is 0. The smallest absolute Gasteiger partial charge is 0.226 e. The van der Waals surface area contributed by atoms with E-state index >= 15 is 0 Å². The number of hydrogen-bond acceptors (Lipinski definition) is 4. The van der Waals surface area contributed by atoms with Crippen molar-refractivity contribution in [3.05, 3.63) is 10.1 Å². The highest BCUT2D eigenvalue weighted by molar-refractivity contribution is 4.74. The van der Waals surface area contributed by atoms with Crippen LogP contribution in [0.3, 0.4) is 0 Å². The monoisotopic (exact) mass is 189 g/mol. The quantitative estimate of drug-likeness (QED) is 0.518. The van der Waals surface area contributed by atoms with Crippen LogP contribution in [-0.2, 0) is 4.74 Å². The summed E-state index contributed by atoms with van der Waals surface area (Å²) in [6.45, 7) is -0.0715. The minimum Gasteiger partial charge on any atom is -0.390 e. The lowest BCUT2D eigenvalue weighted by Gasteiger charge is -2.26. The molecule has 0 radical (unpaired) electrons. The van der Waals surface area contributed by atoms with E-state index in [4.69, 9.17) is 4.74 Å². The average Bonchev–Trinajstić information content (AvgIpc) is 2.08. The normalized spacial score (nSPS) is 28.7. The van der Waals surface area contributed by atoms with E-state index < -0.39 is 11.0 Å². The molecule has 1 aliphatic carbocycles. The molecule has 1 N–H and O–H groups in total. The van der Waals surface area contributed by atoms with Gasteiger partial charge in [0.2, 0.25) is 6.54 Å².